The molecule has 0 unspecified atom stereocenters. The molecule has 1 aromatic heterocycles. The molecule has 1 atom stereocenters. The van der Waals surface area contributed by atoms with Gasteiger partial charge in [0, 0.05) is 6.42 Å². The molecule has 0 radical (unpaired) electrons. The van der Waals surface area contributed by atoms with Gasteiger partial charge in [0.15, 0.2) is 0 Å². The van der Waals surface area contributed by atoms with E-state index in [-0.39, 0.29) is 12.3 Å². The van der Waals surface area contributed by atoms with Crippen molar-refractivity contribution in [1.82, 2.24) is 9.78 Å². The molecule has 1 aliphatic rings. The predicted molar refractivity (Wildman–Crippen MR) is 88.7 cm³/mol. The minimum Gasteiger partial charge on any atom is -0.463 e. The van der Waals surface area contributed by atoms with Gasteiger partial charge in [0.25, 0.3) is 0 Å². The number of carbonyl (C=O) groups is 2. The van der Waals surface area contributed by atoms with Crippen LogP contribution in [0.3, 0.4) is 0 Å². The van der Waals surface area contributed by atoms with Crippen LogP contribution in [0, 0.1) is 24.0 Å². The normalized spacial score (nSPS) is 16.4. The summed E-state index contributed by atoms with van der Waals surface area (Å²) in [6, 6.07) is 6.59. The zero-order chi connectivity index (χ0) is 18.8. The molecule has 0 saturated carbocycles. The van der Waals surface area contributed by atoms with Gasteiger partial charge in [-0.1, -0.05) is 12.1 Å². The van der Waals surface area contributed by atoms with Crippen molar-refractivity contribution in [2.75, 3.05) is 6.61 Å². The maximum Gasteiger partial charge on any atom is 0.347 e. The zero-order valence-corrected chi connectivity index (χ0v) is 14.3. The van der Waals surface area contributed by atoms with E-state index in [1.165, 1.54) is 0 Å². The number of rotatable bonds is 5. The third kappa shape index (κ3) is 3.41. The summed E-state index contributed by atoms with van der Waals surface area (Å²) < 4.78 is 11.4. The molecule has 1 aliphatic heterocycles. The van der Waals surface area contributed by atoms with E-state index in [4.69, 9.17) is 9.47 Å². The van der Waals surface area contributed by atoms with Crippen LogP contribution in [0.4, 0.5) is 5.69 Å². The third-order valence-electron chi connectivity index (χ3n) is 4.18. The van der Waals surface area contributed by atoms with Crippen LogP contribution >= 0.6 is 0 Å². The molecule has 0 N–H and O–H groups in total. The second-order valence-corrected chi connectivity index (χ2v) is 5.98. The van der Waals surface area contributed by atoms with Gasteiger partial charge in [-0.05, 0) is 31.5 Å². The Morgan fingerprint density at radius 3 is 2.62 bits per heavy atom. The Balaban J connectivity index is 1.70. The number of esters is 2. The monoisotopic (exact) mass is 359 g/mol. The van der Waals surface area contributed by atoms with Crippen LogP contribution in [0.2, 0.25) is 0 Å². The Morgan fingerprint density at radius 1 is 1.38 bits per heavy atom. The SMILES string of the molecule is Cc1nn(Cc2ccc(C(=O)O[C@@H]3CCOC3=O)cc2)c(C)c1[N+](=O)[O-]. The van der Waals surface area contributed by atoms with Crippen LogP contribution in [-0.2, 0) is 20.8 Å². The maximum atomic E-state index is 12.1. The third-order valence-corrected chi connectivity index (χ3v) is 4.18. The number of nitro groups is 1. The van der Waals surface area contributed by atoms with Gasteiger partial charge >= 0.3 is 17.6 Å². The van der Waals surface area contributed by atoms with E-state index in [1.807, 2.05) is 0 Å². The smallest absolute Gasteiger partial charge is 0.347 e. The van der Waals surface area contributed by atoms with E-state index in [0.717, 1.165) is 5.56 Å². The van der Waals surface area contributed by atoms with E-state index in [2.05, 4.69) is 5.10 Å². The first kappa shape index (κ1) is 17.6. The lowest BCUT2D eigenvalue weighted by atomic mass is 10.1. The first-order valence-electron chi connectivity index (χ1n) is 8.01. The second kappa shape index (κ2) is 6.95. The number of benzene rings is 1. The predicted octanol–water partition coefficient (Wildman–Crippen LogP) is 1.93. The van der Waals surface area contributed by atoms with Crippen molar-refractivity contribution >= 4 is 17.6 Å². The van der Waals surface area contributed by atoms with E-state index < -0.39 is 23.0 Å². The van der Waals surface area contributed by atoms with Gasteiger partial charge in [-0.3, -0.25) is 14.8 Å². The fourth-order valence-corrected chi connectivity index (χ4v) is 2.81. The van der Waals surface area contributed by atoms with Crippen molar-refractivity contribution < 1.29 is 24.0 Å². The van der Waals surface area contributed by atoms with Crippen LogP contribution in [0.25, 0.3) is 0 Å². The molecule has 9 nitrogen and oxygen atoms in total. The van der Waals surface area contributed by atoms with E-state index in [9.17, 15) is 19.7 Å². The lowest BCUT2D eigenvalue weighted by Crippen LogP contribution is -2.22. The number of aryl methyl sites for hydroxylation is 1. The molecule has 9 heteroatoms. The minimum atomic E-state index is -0.850. The minimum absolute atomic E-state index is 0.00801. The molecule has 136 valence electrons. The lowest BCUT2D eigenvalue weighted by molar-refractivity contribution is -0.386. The zero-order valence-electron chi connectivity index (χ0n) is 14.3. The van der Waals surface area contributed by atoms with Crippen molar-refractivity contribution in [2.45, 2.75) is 32.9 Å². The van der Waals surface area contributed by atoms with Gasteiger partial charge < -0.3 is 9.47 Å². The molecule has 0 spiro atoms. The van der Waals surface area contributed by atoms with Crippen molar-refractivity contribution in [1.29, 1.82) is 0 Å². The number of hydrogen-bond acceptors (Lipinski definition) is 7. The van der Waals surface area contributed by atoms with Crippen molar-refractivity contribution in [2.24, 2.45) is 0 Å². The van der Waals surface area contributed by atoms with Crippen molar-refractivity contribution in [3.63, 3.8) is 0 Å². The summed E-state index contributed by atoms with van der Waals surface area (Å²) >= 11 is 0. The fraction of sp³-hybridized carbons (Fsp3) is 0.353. The number of ether oxygens (including phenoxy) is 2. The molecule has 0 bridgehead atoms. The lowest BCUT2D eigenvalue weighted by Gasteiger charge is -2.09. The summed E-state index contributed by atoms with van der Waals surface area (Å²) in [7, 11) is 0. The van der Waals surface area contributed by atoms with Gasteiger partial charge in [-0.15, -0.1) is 0 Å². The first-order chi connectivity index (χ1) is 12.4. The molecule has 1 saturated heterocycles. The van der Waals surface area contributed by atoms with E-state index in [0.29, 0.717) is 29.9 Å². The highest BCUT2D eigenvalue weighted by Gasteiger charge is 2.30. The van der Waals surface area contributed by atoms with Gasteiger partial charge in [0.05, 0.1) is 23.6 Å². The average Bonchev–Trinajstić information content (AvgIpc) is 3.11. The number of nitrogens with zero attached hydrogens (tertiary/aromatic N) is 3. The number of cyclic esters (lactones) is 1. The summed E-state index contributed by atoms with van der Waals surface area (Å²) in [5.41, 5.74) is 1.97. The van der Waals surface area contributed by atoms with Gasteiger partial charge in [-0.25, -0.2) is 9.59 Å². The topological polar surface area (TPSA) is 114 Å². The Labute approximate surface area is 148 Å². The van der Waals surface area contributed by atoms with Gasteiger partial charge in [0.1, 0.15) is 11.4 Å². The molecule has 2 heterocycles. The molecule has 0 amide bonds. The molecular formula is C17H17N3O6. The molecule has 26 heavy (non-hydrogen) atoms. The Hall–Kier alpha value is -3.23. The van der Waals surface area contributed by atoms with Crippen LogP contribution < -0.4 is 0 Å². The van der Waals surface area contributed by atoms with Crippen molar-refractivity contribution in [3.8, 4) is 0 Å². The Bertz CT molecular complexity index is 871. The largest absolute Gasteiger partial charge is 0.463 e. The van der Waals surface area contributed by atoms with Gasteiger partial charge in [-0.2, -0.15) is 5.10 Å². The highest BCUT2D eigenvalue weighted by molar-refractivity contribution is 5.91. The van der Waals surface area contributed by atoms with Crippen LogP contribution in [0.5, 0.6) is 0 Å². The molecule has 1 aromatic carbocycles. The highest BCUT2D eigenvalue weighted by atomic mass is 16.6. The summed E-state index contributed by atoms with van der Waals surface area (Å²) in [5, 5.41) is 15.3. The number of hydrogen-bond donors (Lipinski definition) is 0. The van der Waals surface area contributed by atoms with Gasteiger partial charge in [0.2, 0.25) is 6.10 Å². The molecule has 0 aliphatic carbocycles. The molecule has 3 rings (SSSR count). The summed E-state index contributed by atoms with van der Waals surface area (Å²) in [6.07, 6.45) is -0.489. The average molecular weight is 359 g/mol. The molecule has 2 aromatic rings. The Kier molecular flexibility index (Phi) is 4.70. The maximum absolute atomic E-state index is 12.1. The summed E-state index contributed by atoms with van der Waals surface area (Å²) in [4.78, 5) is 34.0. The standard InChI is InChI=1S/C17H17N3O6/c1-10-15(20(23)24)11(2)19(18-10)9-12-3-5-13(6-4-12)16(21)26-14-7-8-25-17(14)22/h3-6,14H,7-9H2,1-2H3/t14-/m1/s1. The first-order valence-corrected chi connectivity index (χ1v) is 8.01. The molecule has 1 fully saturated rings. The Morgan fingerprint density at radius 2 is 2.08 bits per heavy atom. The second-order valence-electron chi connectivity index (χ2n) is 5.98. The highest BCUT2D eigenvalue weighted by Crippen LogP contribution is 2.22. The number of aromatic nitrogens is 2. The van der Waals surface area contributed by atoms with Crippen LogP contribution in [0.1, 0.15) is 33.7 Å². The quantitative estimate of drug-likeness (QED) is 0.455. The summed E-state index contributed by atoms with van der Waals surface area (Å²) in [6.45, 7) is 3.83. The summed E-state index contributed by atoms with van der Waals surface area (Å²) in [5.74, 6) is -1.12. The van der Waals surface area contributed by atoms with Crippen molar-refractivity contribution in [3.05, 3.63) is 56.9 Å². The fourth-order valence-electron chi connectivity index (χ4n) is 2.81. The van der Waals surface area contributed by atoms with E-state index >= 15 is 0 Å². The number of carbonyl (C=O) groups excluding carboxylic acids is 2. The van der Waals surface area contributed by atoms with Crippen LogP contribution in [-0.4, -0.2) is 39.4 Å². The molecular weight excluding hydrogens is 342 g/mol. The van der Waals surface area contributed by atoms with E-state index in [1.54, 1.807) is 42.8 Å². The van der Waals surface area contributed by atoms with Crippen LogP contribution in [0.15, 0.2) is 24.3 Å².